The van der Waals surface area contributed by atoms with Crippen LogP contribution in [0.25, 0.3) is 0 Å². The molecule has 0 radical (unpaired) electrons. The Hall–Kier alpha value is -2.62. The van der Waals surface area contributed by atoms with E-state index in [9.17, 15) is 5.11 Å². The molecule has 3 aromatic carbocycles. The summed E-state index contributed by atoms with van der Waals surface area (Å²) >= 11 is 0. The lowest BCUT2D eigenvalue weighted by molar-refractivity contribution is -0.0771. The quantitative estimate of drug-likeness (QED) is 0.495. The van der Waals surface area contributed by atoms with Gasteiger partial charge in [0, 0.05) is 18.4 Å². The Morgan fingerprint density at radius 2 is 1.58 bits per heavy atom. The Morgan fingerprint density at radius 1 is 0.903 bits per heavy atom. The molecule has 1 aliphatic rings. The van der Waals surface area contributed by atoms with Crippen molar-refractivity contribution in [3.8, 4) is 11.5 Å². The lowest BCUT2D eigenvalue weighted by Gasteiger charge is -2.46. The van der Waals surface area contributed by atoms with Crippen molar-refractivity contribution in [1.82, 2.24) is 4.90 Å². The van der Waals surface area contributed by atoms with Crippen molar-refractivity contribution in [2.75, 3.05) is 14.1 Å². The summed E-state index contributed by atoms with van der Waals surface area (Å²) < 4.78 is 6.10. The number of hydrogen-bond acceptors (Lipinski definition) is 3. The fraction of sp³-hybridized carbons (Fsp3) is 0.357. The predicted octanol–water partition coefficient (Wildman–Crippen LogP) is 6.25. The van der Waals surface area contributed by atoms with Gasteiger partial charge in [0.05, 0.1) is 5.60 Å². The van der Waals surface area contributed by atoms with Gasteiger partial charge >= 0.3 is 0 Å². The van der Waals surface area contributed by atoms with E-state index in [-0.39, 0.29) is 12.0 Å². The molecule has 4 rings (SSSR count). The van der Waals surface area contributed by atoms with Crippen molar-refractivity contribution >= 4 is 0 Å². The highest BCUT2D eigenvalue weighted by Crippen LogP contribution is 2.45. The van der Waals surface area contributed by atoms with E-state index in [0.717, 1.165) is 37.2 Å². The molecule has 162 valence electrons. The normalized spacial score (nSPS) is 22.3. The molecular formula is C28H33NO2. The van der Waals surface area contributed by atoms with Gasteiger partial charge in [0.25, 0.3) is 0 Å². The summed E-state index contributed by atoms with van der Waals surface area (Å²) in [6.45, 7) is 0. The van der Waals surface area contributed by atoms with E-state index in [1.54, 1.807) is 0 Å². The van der Waals surface area contributed by atoms with E-state index < -0.39 is 5.60 Å². The molecule has 1 saturated carbocycles. The highest BCUT2D eigenvalue weighted by Gasteiger charge is 2.44. The van der Waals surface area contributed by atoms with Crippen molar-refractivity contribution in [3.63, 3.8) is 0 Å². The average Bonchev–Trinajstić information content (AvgIpc) is 2.77. The summed E-state index contributed by atoms with van der Waals surface area (Å²) in [6, 6.07) is 28.8. The number of nitrogens with zero attached hydrogens (tertiary/aromatic N) is 1. The second-order valence-electron chi connectivity index (χ2n) is 9.01. The third-order valence-corrected chi connectivity index (χ3v) is 6.53. The molecule has 0 amide bonds. The Bertz CT molecular complexity index is 957. The summed E-state index contributed by atoms with van der Waals surface area (Å²) in [7, 11) is 4.24. The fourth-order valence-corrected chi connectivity index (χ4v) is 5.15. The van der Waals surface area contributed by atoms with Crippen molar-refractivity contribution < 1.29 is 9.84 Å². The predicted molar refractivity (Wildman–Crippen MR) is 126 cm³/mol. The van der Waals surface area contributed by atoms with Crippen molar-refractivity contribution in [1.29, 1.82) is 0 Å². The van der Waals surface area contributed by atoms with Crippen LogP contribution in [-0.2, 0) is 6.42 Å². The fourth-order valence-electron chi connectivity index (χ4n) is 5.15. The van der Waals surface area contributed by atoms with Crippen molar-refractivity contribution in [3.05, 3.63) is 96.1 Å². The monoisotopic (exact) mass is 415 g/mol. The zero-order valence-corrected chi connectivity index (χ0v) is 18.6. The van der Waals surface area contributed by atoms with E-state index >= 15 is 0 Å². The molecule has 0 heterocycles. The van der Waals surface area contributed by atoms with Crippen LogP contribution in [0.3, 0.4) is 0 Å². The molecule has 0 spiro atoms. The van der Waals surface area contributed by atoms with E-state index in [2.05, 4.69) is 61.5 Å². The summed E-state index contributed by atoms with van der Waals surface area (Å²) in [4.78, 5) is 2.26. The minimum absolute atomic E-state index is 0.119. The van der Waals surface area contributed by atoms with Gasteiger partial charge in [0.1, 0.15) is 11.5 Å². The van der Waals surface area contributed by atoms with Gasteiger partial charge in [-0.3, -0.25) is 0 Å². The molecule has 0 aromatic heterocycles. The van der Waals surface area contributed by atoms with Crippen LogP contribution in [0.1, 0.15) is 42.9 Å². The zero-order valence-electron chi connectivity index (χ0n) is 18.6. The molecule has 3 nitrogen and oxygen atoms in total. The highest BCUT2D eigenvalue weighted by atomic mass is 16.5. The number of aliphatic hydroxyl groups is 1. The van der Waals surface area contributed by atoms with Crippen LogP contribution in [0.2, 0.25) is 0 Å². The van der Waals surface area contributed by atoms with Crippen LogP contribution >= 0.6 is 0 Å². The topological polar surface area (TPSA) is 32.7 Å². The van der Waals surface area contributed by atoms with Crippen LogP contribution in [0.15, 0.2) is 84.9 Å². The molecule has 1 fully saturated rings. The lowest BCUT2D eigenvalue weighted by atomic mass is 9.67. The first-order valence-electron chi connectivity index (χ1n) is 11.3. The van der Waals surface area contributed by atoms with Crippen LogP contribution in [-0.4, -0.2) is 29.7 Å². The van der Waals surface area contributed by atoms with Crippen LogP contribution in [0.5, 0.6) is 11.5 Å². The molecular weight excluding hydrogens is 382 g/mol. The number of rotatable bonds is 7. The molecule has 3 aromatic rings. The molecule has 1 N–H and O–H groups in total. The van der Waals surface area contributed by atoms with Gasteiger partial charge in [-0.05, 0) is 62.3 Å². The molecule has 0 saturated heterocycles. The Labute approximate surface area is 186 Å². The zero-order chi connectivity index (χ0) is 21.7. The van der Waals surface area contributed by atoms with E-state index in [1.165, 1.54) is 11.1 Å². The number of para-hydroxylation sites is 1. The molecule has 3 heteroatoms. The van der Waals surface area contributed by atoms with E-state index in [4.69, 9.17) is 4.74 Å². The maximum atomic E-state index is 11.9. The smallest absolute Gasteiger partial charge is 0.127 e. The van der Waals surface area contributed by atoms with Crippen molar-refractivity contribution in [2.24, 2.45) is 5.92 Å². The average molecular weight is 416 g/mol. The van der Waals surface area contributed by atoms with Crippen molar-refractivity contribution in [2.45, 2.75) is 43.7 Å². The summed E-state index contributed by atoms with van der Waals surface area (Å²) in [5, 5.41) is 11.9. The second-order valence-corrected chi connectivity index (χ2v) is 9.01. The lowest BCUT2D eigenvalue weighted by Crippen LogP contribution is -2.48. The maximum absolute atomic E-state index is 11.9. The van der Waals surface area contributed by atoms with Crippen LogP contribution in [0, 0.1) is 5.92 Å². The number of hydrogen-bond donors (Lipinski definition) is 1. The third kappa shape index (κ3) is 5.17. The summed E-state index contributed by atoms with van der Waals surface area (Å²) in [5.74, 6) is 1.82. The number of ether oxygens (including phenoxy) is 1. The van der Waals surface area contributed by atoms with Crippen LogP contribution < -0.4 is 4.74 Å². The summed E-state index contributed by atoms with van der Waals surface area (Å²) in [6.07, 6.45) is 4.81. The molecule has 0 aliphatic heterocycles. The first-order valence-corrected chi connectivity index (χ1v) is 11.3. The highest BCUT2D eigenvalue weighted by molar-refractivity contribution is 5.36. The second kappa shape index (κ2) is 9.67. The molecule has 1 aliphatic carbocycles. The van der Waals surface area contributed by atoms with Gasteiger partial charge in [0.15, 0.2) is 0 Å². The minimum atomic E-state index is -0.717. The van der Waals surface area contributed by atoms with Gasteiger partial charge in [-0.2, -0.15) is 0 Å². The molecule has 3 unspecified atom stereocenters. The van der Waals surface area contributed by atoms with Crippen LogP contribution in [0.4, 0.5) is 0 Å². The third-order valence-electron chi connectivity index (χ3n) is 6.53. The summed E-state index contributed by atoms with van der Waals surface area (Å²) in [5.41, 5.74) is 1.68. The molecule has 31 heavy (non-hydrogen) atoms. The standard InChI is InChI=1S/C28H33NO2/c1-29(2)27(23-14-11-17-25(20-23)31-24-15-7-4-8-16-24)26-18-9-10-19-28(26,30)21-22-12-5-3-6-13-22/h3-8,11-17,20,26-27,30H,9-10,18-19,21H2,1-2H3. The van der Waals surface area contributed by atoms with E-state index in [0.29, 0.717) is 6.42 Å². The van der Waals surface area contributed by atoms with Gasteiger partial charge in [-0.15, -0.1) is 0 Å². The Kier molecular flexibility index (Phi) is 6.74. The van der Waals surface area contributed by atoms with E-state index in [1.807, 2.05) is 42.5 Å². The largest absolute Gasteiger partial charge is 0.457 e. The van der Waals surface area contributed by atoms with Gasteiger partial charge in [-0.1, -0.05) is 73.5 Å². The minimum Gasteiger partial charge on any atom is -0.457 e. The van der Waals surface area contributed by atoms with Gasteiger partial charge < -0.3 is 14.7 Å². The van der Waals surface area contributed by atoms with Gasteiger partial charge in [0.2, 0.25) is 0 Å². The van der Waals surface area contributed by atoms with Gasteiger partial charge in [-0.25, -0.2) is 0 Å². The Balaban J connectivity index is 1.63. The Morgan fingerprint density at radius 3 is 2.29 bits per heavy atom. The molecule has 3 atom stereocenters. The maximum Gasteiger partial charge on any atom is 0.127 e. The number of benzene rings is 3. The first kappa shape index (κ1) is 21.6. The first-order chi connectivity index (χ1) is 15.0. The molecule has 0 bridgehead atoms. The SMILES string of the molecule is CN(C)C(c1cccc(Oc2ccccc2)c1)C1CCCCC1(O)Cc1ccccc1.